The zero-order chi connectivity index (χ0) is 21.0. The van der Waals surface area contributed by atoms with Crippen LogP contribution < -0.4 is 4.74 Å². The van der Waals surface area contributed by atoms with Gasteiger partial charge in [0, 0.05) is 22.8 Å². The number of hydrogen-bond donors (Lipinski definition) is 0. The van der Waals surface area contributed by atoms with Crippen molar-refractivity contribution in [3.63, 3.8) is 0 Å². The lowest BCUT2D eigenvalue weighted by atomic mass is 10.00. The van der Waals surface area contributed by atoms with Gasteiger partial charge in [-0.05, 0) is 38.1 Å². The summed E-state index contributed by atoms with van der Waals surface area (Å²) in [4.78, 5) is 76.2. The highest BCUT2D eigenvalue weighted by Gasteiger charge is 2.43. The molecule has 1 aromatic heterocycles. The first-order valence-electron chi connectivity index (χ1n) is 8.71. The van der Waals surface area contributed by atoms with Crippen LogP contribution in [0.1, 0.15) is 55.4 Å². The second kappa shape index (κ2) is 6.37. The minimum atomic E-state index is -1.38. The average molecular weight is 391 g/mol. The summed E-state index contributed by atoms with van der Waals surface area (Å²) in [7, 11) is 0. The molecule has 29 heavy (non-hydrogen) atoms. The lowest BCUT2D eigenvalue weighted by Crippen LogP contribution is -2.23. The first kappa shape index (κ1) is 18.5. The van der Waals surface area contributed by atoms with Gasteiger partial charge in [0.25, 0.3) is 0 Å². The van der Waals surface area contributed by atoms with Gasteiger partial charge in [0.05, 0.1) is 0 Å². The Balaban J connectivity index is 1.65. The number of hydrogen-bond acceptors (Lipinski definition) is 8. The van der Waals surface area contributed by atoms with E-state index in [0.717, 1.165) is 0 Å². The van der Waals surface area contributed by atoms with E-state index in [9.17, 15) is 28.8 Å². The molecule has 2 atom stereocenters. The van der Waals surface area contributed by atoms with Crippen LogP contribution in [0.2, 0.25) is 0 Å². The van der Waals surface area contributed by atoms with Crippen molar-refractivity contribution in [2.45, 2.75) is 13.8 Å². The first-order chi connectivity index (χ1) is 13.7. The van der Waals surface area contributed by atoms with E-state index in [4.69, 9.17) is 4.74 Å². The zero-order valence-electron chi connectivity index (χ0n) is 15.3. The number of benzene rings is 1. The van der Waals surface area contributed by atoms with E-state index in [1.165, 1.54) is 44.2 Å². The van der Waals surface area contributed by atoms with Gasteiger partial charge in [-0.3, -0.25) is 28.8 Å². The molecule has 0 amide bonds. The molecule has 8 nitrogen and oxygen atoms in total. The second-order valence-electron chi connectivity index (χ2n) is 6.90. The van der Waals surface area contributed by atoms with Crippen molar-refractivity contribution >= 4 is 34.7 Å². The van der Waals surface area contributed by atoms with Gasteiger partial charge in [-0.2, -0.15) is 0 Å². The van der Waals surface area contributed by atoms with Gasteiger partial charge in [0.1, 0.15) is 34.8 Å². The molecule has 0 saturated carbocycles. The Labute approximate surface area is 163 Å². The van der Waals surface area contributed by atoms with Gasteiger partial charge in [0.15, 0.2) is 23.1 Å². The SMILES string of the molecule is CC(=O)C1C(=O)c2ccc(Oc3ccc4c(n3)C(=O)C(C(C)=O)C4=O)cc2C1=O. The number of rotatable bonds is 4. The molecule has 2 aromatic rings. The third-order valence-corrected chi connectivity index (χ3v) is 4.97. The third kappa shape index (κ3) is 2.72. The van der Waals surface area contributed by atoms with E-state index in [0.29, 0.717) is 0 Å². The molecule has 1 aromatic carbocycles. The summed E-state index contributed by atoms with van der Waals surface area (Å²) >= 11 is 0. The number of carbonyl (C=O) groups is 6. The smallest absolute Gasteiger partial charge is 0.219 e. The van der Waals surface area contributed by atoms with E-state index in [1.54, 1.807) is 0 Å². The molecule has 1 heterocycles. The monoisotopic (exact) mass is 391 g/mol. The molecular weight excluding hydrogens is 378 g/mol. The van der Waals surface area contributed by atoms with Gasteiger partial charge in [-0.25, -0.2) is 4.98 Å². The molecule has 0 bridgehead atoms. The van der Waals surface area contributed by atoms with Crippen molar-refractivity contribution in [1.82, 2.24) is 4.98 Å². The zero-order valence-corrected chi connectivity index (χ0v) is 15.3. The summed E-state index contributed by atoms with van der Waals surface area (Å²) < 4.78 is 5.58. The number of ether oxygens (including phenoxy) is 1. The van der Waals surface area contributed by atoms with Crippen LogP contribution in [0.3, 0.4) is 0 Å². The van der Waals surface area contributed by atoms with Gasteiger partial charge in [-0.1, -0.05) is 0 Å². The Hall–Kier alpha value is -3.81. The van der Waals surface area contributed by atoms with Crippen LogP contribution in [0.4, 0.5) is 0 Å². The van der Waals surface area contributed by atoms with Crippen LogP contribution in [0.15, 0.2) is 30.3 Å². The third-order valence-electron chi connectivity index (χ3n) is 4.97. The fraction of sp³-hybridized carbons (Fsp3) is 0.190. The maximum absolute atomic E-state index is 12.4. The summed E-state index contributed by atoms with van der Waals surface area (Å²) in [5.74, 6) is -6.03. The standard InChI is InChI=1S/C21H13NO7/c1-8(23)15-18(25)11-4-3-10(7-13(11)20(15)27)29-14-6-5-12-17(22-14)21(28)16(9(2)24)19(12)26/h3-7,15-16H,1-2H3. The molecule has 2 aliphatic carbocycles. The number of fused-ring (bicyclic) bond motifs is 2. The van der Waals surface area contributed by atoms with Crippen molar-refractivity contribution in [2.24, 2.45) is 11.8 Å². The predicted molar refractivity (Wildman–Crippen MR) is 96.4 cm³/mol. The second-order valence-corrected chi connectivity index (χ2v) is 6.90. The molecule has 0 spiro atoms. The lowest BCUT2D eigenvalue weighted by molar-refractivity contribution is -0.119. The molecule has 0 fully saturated rings. The van der Waals surface area contributed by atoms with Gasteiger partial charge in [-0.15, -0.1) is 0 Å². The number of nitrogens with zero attached hydrogens (tertiary/aromatic N) is 1. The maximum Gasteiger partial charge on any atom is 0.219 e. The quantitative estimate of drug-likeness (QED) is 0.725. The van der Waals surface area contributed by atoms with Crippen LogP contribution >= 0.6 is 0 Å². The average Bonchev–Trinajstić information content (AvgIpc) is 3.06. The molecule has 2 aliphatic rings. The highest BCUT2D eigenvalue weighted by atomic mass is 16.5. The molecule has 2 unspecified atom stereocenters. The summed E-state index contributed by atoms with van der Waals surface area (Å²) in [6.07, 6.45) is 0. The molecular formula is C21H13NO7. The number of Topliss-reactive ketones (excluding diaryl/α,β-unsaturated/α-hetero) is 6. The van der Waals surface area contributed by atoms with Crippen molar-refractivity contribution in [3.8, 4) is 11.6 Å². The highest BCUT2D eigenvalue weighted by Crippen LogP contribution is 2.33. The molecule has 8 heteroatoms. The van der Waals surface area contributed by atoms with Gasteiger partial charge in [0.2, 0.25) is 5.88 Å². The van der Waals surface area contributed by atoms with E-state index in [-0.39, 0.29) is 34.0 Å². The Morgan fingerprint density at radius 3 is 1.97 bits per heavy atom. The summed E-state index contributed by atoms with van der Waals surface area (Å²) in [6.45, 7) is 2.35. The normalized spacial score (nSPS) is 19.9. The van der Waals surface area contributed by atoms with Crippen molar-refractivity contribution < 1.29 is 33.5 Å². The predicted octanol–water partition coefficient (Wildman–Crippen LogP) is 2.04. The fourth-order valence-electron chi connectivity index (χ4n) is 3.59. The maximum atomic E-state index is 12.4. The van der Waals surface area contributed by atoms with Crippen molar-refractivity contribution in [1.29, 1.82) is 0 Å². The van der Waals surface area contributed by atoms with Crippen LogP contribution in [-0.4, -0.2) is 39.7 Å². The summed E-state index contributed by atoms with van der Waals surface area (Å²) in [5.41, 5.74) is 0.143. The van der Waals surface area contributed by atoms with Crippen molar-refractivity contribution in [2.75, 3.05) is 0 Å². The Morgan fingerprint density at radius 2 is 1.31 bits per heavy atom. The molecule has 0 N–H and O–H groups in total. The number of pyridine rings is 1. The molecule has 144 valence electrons. The number of ketones is 6. The van der Waals surface area contributed by atoms with Crippen LogP contribution in [0.5, 0.6) is 11.6 Å². The van der Waals surface area contributed by atoms with E-state index < -0.39 is 46.5 Å². The Morgan fingerprint density at radius 1 is 0.759 bits per heavy atom. The van der Waals surface area contributed by atoms with E-state index >= 15 is 0 Å². The first-order valence-corrected chi connectivity index (χ1v) is 8.71. The Bertz CT molecular complexity index is 1090. The van der Waals surface area contributed by atoms with Gasteiger partial charge >= 0.3 is 0 Å². The molecule has 0 aliphatic heterocycles. The fourth-order valence-corrected chi connectivity index (χ4v) is 3.59. The van der Waals surface area contributed by atoms with E-state index in [1.807, 2.05) is 0 Å². The highest BCUT2D eigenvalue weighted by molar-refractivity contribution is 6.35. The molecule has 4 rings (SSSR count). The van der Waals surface area contributed by atoms with Crippen LogP contribution in [0, 0.1) is 11.8 Å². The van der Waals surface area contributed by atoms with Crippen molar-refractivity contribution in [3.05, 3.63) is 52.7 Å². The Kier molecular flexibility index (Phi) is 4.07. The topological polar surface area (TPSA) is 125 Å². The summed E-state index contributed by atoms with van der Waals surface area (Å²) in [6, 6.07) is 6.88. The molecule has 0 saturated heterocycles. The van der Waals surface area contributed by atoms with Gasteiger partial charge < -0.3 is 4.74 Å². The number of aromatic nitrogens is 1. The largest absolute Gasteiger partial charge is 0.439 e. The minimum Gasteiger partial charge on any atom is -0.439 e. The molecule has 0 radical (unpaired) electrons. The van der Waals surface area contributed by atoms with Crippen LogP contribution in [0.25, 0.3) is 0 Å². The minimum absolute atomic E-state index is 0.0195. The summed E-state index contributed by atoms with van der Waals surface area (Å²) in [5, 5.41) is 0. The lowest BCUT2D eigenvalue weighted by Gasteiger charge is -2.07. The van der Waals surface area contributed by atoms with Crippen LogP contribution in [-0.2, 0) is 9.59 Å². The van der Waals surface area contributed by atoms with E-state index in [2.05, 4.69) is 4.98 Å². The number of carbonyl (C=O) groups excluding carboxylic acids is 6.